The molecule has 0 bridgehead atoms. The molecule has 30 heavy (non-hydrogen) atoms. The molecule has 2 rings (SSSR count). The molecule has 2 aliphatic rings. The minimum Gasteiger partial charge on any atom is -0.393 e. The Kier molecular flexibility index (Phi) is 12.9. The van der Waals surface area contributed by atoms with E-state index in [9.17, 15) is 5.11 Å². The quantitative estimate of drug-likeness (QED) is 0.191. The molecule has 0 unspecified atom stereocenters. The predicted molar refractivity (Wildman–Crippen MR) is 124 cm³/mol. The van der Waals surface area contributed by atoms with Crippen molar-refractivity contribution in [1.82, 2.24) is 0 Å². The van der Waals surface area contributed by atoms with Crippen molar-refractivity contribution in [3.8, 4) is 0 Å². The smallest absolute Gasteiger partial charge is 0.163 e. The molecule has 0 aliphatic carbocycles. The maximum atomic E-state index is 10.4. The Bertz CT molecular complexity index is 421. The van der Waals surface area contributed by atoms with Crippen LogP contribution in [0.1, 0.15) is 130 Å². The van der Waals surface area contributed by atoms with Gasteiger partial charge in [0.25, 0.3) is 0 Å². The third-order valence-electron chi connectivity index (χ3n) is 6.57. The van der Waals surface area contributed by atoms with Crippen molar-refractivity contribution in [3.05, 3.63) is 0 Å². The van der Waals surface area contributed by atoms with E-state index < -0.39 is 5.79 Å². The van der Waals surface area contributed by atoms with Gasteiger partial charge in [-0.1, -0.05) is 84.0 Å². The van der Waals surface area contributed by atoms with Gasteiger partial charge in [0.05, 0.1) is 31.0 Å². The lowest BCUT2D eigenvalue weighted by molar-refractivity contribution is -0.302. The van der Waals surface area contributed by atoms with E-state index in [0.29, 0.717) is 6.10 Å². The van der Waals surface area contributed by atoms with Gasteiger partial charge in [-0.15, -0.1) is 0 Å². The molecule has 0 amide bonds. The van der Waals surface area contributed by atoms with Gasteiger partial charge >= 0.3 is 0 Å². The fourth-order valence-electron chi connectivity index (χ4n) is 4.78. The summed E-state index contributed by atoms with van der Waals surface area (Å²) in [6.07, 6.45) is 21.6. The van der Waals surface area contributed by atoms with Gasteiger partial charge < -0.3 is 19.3 Å². The van der Waals surface area contributed by atoms with E-state index in [1.54, 1.807) is 0 Å². The van der Waals surface area contributed by atoms with Crippen molar-refractivity contribution in [3.63, 3.8) is 0 Å². The Morgan fingerprint density at radius 1 is 0.767 bits per heavy atom. The average molecular weight is 427 g/mol. The van der Waals surface area contributed by atoms with Gasteiger partial charge in [0, 0.05) is 12.8 Å². The molecule has 0 radical (unpaired) electrons. The van der Waals surface area contributed by atoms with Gasteiger partial charge in [0.1, 0.15) is 0 Å². The molecular weight excluding hydrogens is 376 g/mol. The highest BCUT2D eigenvalue weighted by Gasteiger charge is 2.38. The van der Waals surface area contributed by atoms with Gasteiger partial charge in [0.15, 0.2) is 5.79 Å². The number of aliphatic hydroxyl groups excluding tert-OH is 1. The van der Waals surface area contributed by atoms with E-state index in [1.807, 2.05) is 13.8 Å². The number of hydrogen-bond donors (Lipinski definition) is 1. The van der Waals surface area contributed by atoms with Crippen LogP contribution in [0.2, 0.25) is 0 Å². The molecule has 0 aromatic heterocycles. The second kappa shape index (κ2) is 14.8. The Hall–Kier alpha value is -0.160. The van der Waals surface area contributed by atoms with Crippen molar-refractivity contribution in [2.75, 3.05) is 6.61 Å². The van der Waals surface area contributed by atoms with Crippen LogP contribution in [0.25, 0.3) is 0 Å². The molecule has 2 fully saturated rings. The number of unbranched alkanes of at least 4 members (excludes halogenated alkanes) is 11. The highest BCUT2D eigenvalue weighted by atomic mass is 16.7. The third-order valence-corrected chi connectivity index (χ3v) is 6.57. The molecule has 4 nitrogen and oxygen atoms in total. The molecule has 4 heteroatoms. The molecule has 0 aromatic rings. The second-order valence-corrected chi connectivity index (χ2v) is 10.2. The maximum Gasteiger partial charge on any atom is 0.163 e. The molecule has 1 N–H and O–H groups in total. The van der Waals surface area contributed by atoms with E-state index in [2.05, 4.69) is 6.92 Å². The fourth-order valence-corrected chi connectivity index (χ4v) is 4.78. The number of hydrogen-bond acceptors (Lipinski definition) is 4. The summed E-state index contributed by atoms with van der Waals surface area (Å²) in [5.41, 5.74) is 0. The summed E-state index contributed by atoms with van der Waals surface area (Å²) in [6, 6.07) is 0. The summed E-state index contributed by atoms with van der Waals surface area (Å²) < 4.78 is 17.5. The van der Waals surface area contributed by atoms with Crippen molar-refractivity contribution >= 4 is 0 Å². The molecule has 2 aliphatic heterocycles. The van der Waals surface area contributed by atoms with Crippen LogP contribution in [0.15, 0.2) is 0 Å². The van der Waals surface area contributed by atoms with Crippen molar-refractivity contribution < 1.29 is 19.3 Å². The van der Waals surface area contributed by atoms with Crippen LogP contribution in [0.4, 0.5) is 0 Å². The minimum atomic E-state index is -0.525. The monoisotopic (exact) mass is 426 g/mol. The fraction of sp³-hybridized carbons (Fsp3) is 1.00. The van der Waals surface area contributed by atoms with Gasteiger partial charge in [-0.3, -0.25) is 0 Å². The Morgan fingerprint density at radius 3 is 1.87 bits per heavy atom. The van der Waals surface area contributed by atoms with Crippen LogP contribution < -0.4 is 0 Å². The largest absolute Gasteiger partial charge is 0.393 e. The Morgan fingerprint density at radius 2 is 1.30 bits per heavy atom. The van der Waals surface area contributed by atoms with Crippen LogP contribution >= 0.6 is 0 Å². The normalized spacial score (nSPS) is 26.6. The lowest BCUT2D eigenvalue weighted by Crippen LogP contribution is -2.45. The first kappa shape index (κ1) is 26.1. The lowest BCUT2D eigenvalue weighted by atomic mass is 9.97. The molecule has 0 saturated carbocycles. The van der Waals surface area contributed by atoms with Crippen LogP contribution in [0.3, 0.4) is 0 Å². The van der Waals surface area contributed by atoms with Gasteiger partial charge in [0.2, 0.25) is 0 Å². The molecular formula is C26H50O4. The average Bonchev–Trinajstić information content (AvgIpc) is 3.50. The predicted octanol–water partition coefficient (Wildman–Crippen LogP) is 6.92. The zero-order chi connectivity index (χ0) is 21.7. The summed E-state index contributed by atoms with van der Waals surface area (Å²) in [7, 11) is 0. The van der Waals surface area contributed by atoms with Gasteiger partial charge in [-0.05, 0) is 33.1 Å². The van der Waals surface area contributed by atoms with E-state index in [4.69, 9.17) is 14.2 Å². The molecule has 0 spiro atoms. The van der Waals surface area contributed by atoms with Crippen LogP contribution in [0, 0.1) is 0 Å². The minimum absolute atomic E-state index is 0.187. The van der Waals surface area contributed by atoms with Crippen LogP contribution in [-0.4, -0.2) is 41.9 Å². The third kappa shape index (κ3) is 12.6. The number of epoxide rings is 1. The Balaban J connectivity index is 1.42. The second-order valence-electron chi connectivity index (χ2n) is 10.2. The summed E-state index contributed by atoms with van der Waals surface area (Å²) >= 11 is 0. The number of aliphatic hydroxyl groups is 1. The van der Waals surface area contributed by atoms with E-state index >= 15 is 0 Å². The summed E-state index contributed by atoms with van der Waals surface area (Å²) in [5, 5.41) is 10.4. The first-order valence-electron chi connectivity index (χ1n) is 13.1. The number of ether oxygens (including phenoxy) is 3. The summed E-state index contributed by atoms with van der Waals surface area (Å²) in [6.45, 7) is 7.16. The van der Waals surface area contributed by atoms with Gasteiger partial charge in [-0.25, -0.2) is 0 Å². The van der Waals surface area contributed by atoms with Crippen LogP contribution in [0.5, 0.6) is 0 Å². The molecule has 2 heterocycles. The van der Waals surface area contributed by atoms with Crippen LogP contribution in [-0.2, 0) is 14.2 Å². The van der Waals surface area contributed by atoms with Gasteiger partial charge in [-0.2, -0.15) is 0 Å². The van der Waals surface area contributed by atoms with Crippen molar-refractivity contribution in [2.45, 2.75) is 160 Å². The first-order valence-corrected chi connectivity index (χ1v) is 13.1. The zero-order valence-corrected chi connectivity index (χ0v) is 20.2. The lowest BCUT2D eigenvalue weighted by Gasteiger charge is -2.41. The van der Waals surface area contributed by atoms with E-state index in [0.717, 1.165) is 45.1 Å². The molecule has 2 saturated heterocycles. The van der Waals surface area contributed by atoms with E-state index in [-0.39, 0.29) is 18.3 Å². The zero-order valence-electron chi connectivity index (χ0n) is 20.2. The standard InChI is InChI=1S/C26H50O4/c1-4-5-6-7-8-9-10-11-12-13-14-15-16-22(27)17-18-23-19-24(20-25-21-28-25)30-26(2,3)29-23/h22-25,27H,4-21H2,1-3H3/t22-,23-,24-,25-/m0/s1. The number of rotatable bonds is 18. The summed E-state index contributed by atoms with van der Waals surface area (Å²) in [5.74, 6) is -0.525. The highest BCUT2D eigenvalue weighted by molar-refractivity contribution is 4.82. The maximum absolute atomic E-state index is 10.4. The summed E-state index contributed by atoms with van der Waals surface area (Å²) in [4.78, 5) is 0. The SMILES string of the molecule is CCCCCCCCCCCCCC[C@H](O)CC[C@H]1C[C@@H](C[C@H]2CO2)OC(C)(C)O1. The molecule has 0 aromatic carbocycles. The highest BCUT2D eigenvalue weighted by Crippen LogP contribution is 2.33. The van der Waals surface area contributed by atoms with Crippen molar-refractivity contribution in [2.24, 2.45) is 0 Å². The van der Waals surface area contributed by atoms with E-state index in [1.165, 1.54) is 70.6 Å². The van der Waals surface area contributed by atoms with Crippen molar-refractivity contribution in [1.29, 1.82) is 0 Å². The Labute approximate surface area is 186 Å². The first-order chi connectivity index (χ1) is 14.5. The topological polar surface area (TPSA) is 51.2 Å². The molecule has 4 atom stereocenters. The molecule has 178 valence electrons.